The number of aliphatic imine (C=N–C) groups is 1. The molecule has 8 heteroatoms. The van der Waals surface area contributed by atoms with Crippen LogP contribution in [0.25, 0.3) is 6.08 Å². The van der Waals surface area contributed by atoms with Crippen LogP contribution in [0.1, 0.15) is 12.7 Å². The average Bonchev–Trinajstić information content (AvgIpc) is 3.07. The molecule has 0 atom stereocenters. The molecule has 5 nitrogen and oxygen atoms in total. The van der Waals surface area contributed by atoms with Crippen LogP contribution in [-0.2, 0) is 4.79 Å². The van der Waals surface area contributed by atoms with Crippen molar-refractivity contribution in [1.29, 1.82) is 0 Å². The summed E-state index contributed by atoms with van der Waals surface area (Å²) in [4.78, 5) is 21.6. The van der Waals surface area contributed by atoms with Crippen LogP contribution in [0.5, 0.6) is 0 Å². The summed E-state index contributed by atoms with van der Waals surface area (Å²) in [6.07, 6.45) is 1.74. The Morgan fingerprint density at radius 3 is 2.50 bits per heavy atom. The number of rotatable bonds is 4. The number of furan rings is 1. The Morgan fingerprint density at radius 1 is 1.27 bits per heavy atom. The van der Waals surface area contributed by atoms with Gasteiger partial charge in [0.1, 0.15) is 5.76 Å². The van der Waals surface area contributed by atoms with Crippen molar-refractivity contribution in [2.45, 2.75) is 6.92 Å². The van der Waals surface area contributed by atoms with E-state index in [9.17, 15) is 4.79 Å². The Labute approximate surface area is 173 Å². The number of anilines is 1. The van der Waals surface area contributed by atoms with Gasteiger partial charge in [0, 0.05) is 32.4 Å². The van der Waals surface area contributed by atoms with E-state index in [-0.39, 0.29) is 5.91 Å². The minimum absolute atomic E-state index is 0.0650. The van der Waals surface area contributed by atoms with Gasteiger partial charge in [0.15, 0.2) is 9.84 Å². The summed E-state index contributed by atoms with van der Waals surface area (Å²) in [5.74, 6) is 0.539. The normalized spacial score (nSPS) is 17.6. The number of hydrogen-bond acceptors (Lipinski definition) is 5. The summed E-state index contributed by atoms with van der Waals surface area (Å²) in [7, 11) is 3.99. The quantitative estimate of drug-likeness (QED) is 0.522. The average molecular weight is 499 g/mol. The molecular formula is C18H17Br2N3O2S. The predicted molar refractivity (Wildman–Crippen MR) is 115 cm³/mol. The number of carbonyl (C=O) groups is 1. The fraction of sp³-hybridized carbons (Fsp3) is 0.222. The fourth-order valence-corrected chi connectivity index (χ4v) is 4.02. The van der Waals surface area contributed by atoms with Gasteiger partial charge in [-0.3, -0.25) is 9.69 Å². The lowest BCUT2D eigenvalue weighted by Gasteiger charge is -2.13. The molecule has 0 radical (unpaired) electrons. The number of likely N-dealkylation sites (N-methyl/N-ethyl adjacent to an activating group) is 1. The van der Waals surface area contributed by atoms with E-state index < -0.39 is 0 Å². The van der Waals surface area contributed by atoms with Gasteiger partial charge < -0.3 is 9.32 Å². The number of nitrogens with zero attached hydrogens (tertiary/aromatic N) is 3. The molecule has 2 heterocycles. The Balaban J connectivity index is 1.89. The van der Waals surface area contributed by atoms with Crippen molar-refractivity contribution < 1.29 is 9.21 Å². The number of benzene rings is 1. The second-order valence-electron chi connectivity index (χ2n) is 5.74. The molecule has 0 bridgehead atoms. The smallest absolute Gasteiger partial charge is 0.266 e. The van der Waals surface area contributed by atoms with E-state index in [2.05, 4.69) is 36.9 Å². The molecule has 1 fully saturated rings. The highest BCUT2D eigenvalue weighted by atomic mass is 79.9. The molecule has 0 unspecified atom stereocenters. The van der Waals surface area contributed by atoms with Crippen LogP contribution in [0, 0.1) is 0 Å². The molecular weight excluding hydrogens is 482 g/mol. The first kappa shape index (κ1) is 19.3. The van der Waals surface area contributed by atoms with Crippen molar-refractivity contribution in [3.05, 3.63) is 50.1 Å². The van der Waals surface area contributed by atoms with E-state index in [1.54, 1.807) is 11.0 Å². The molecule has 2 aromatic rings. The fourth-order valence-electron chi connectivity index (χ4n) is 2.37. The van der Waals surface area contributed by atoms with Crippen LogP contribution in [0.2, 0.25) is 0 Å². The molecule has 0 saturated carbocycles. The van der Waals surface area contributed by atoms with E-state index in [1.807, 2.05) is 56.3 Å². The number of thioether (sulfide) groups is 1. The summed E-state index contributed by atoms with van der Waals surface area (Å²) >= 11 is 8.04. The van der Waals surface area contributed by atoms with Gasteiger partial charge in [0.2, 0.25) is 0 Å². The minimum Gasteiger partial charge on any atom is -0.449 e. The zero-order valence-electron chi connectivity index (χ0n) is 14.5. The van der Waals surface area contributed by atoms with Crippen molar-refractivity contribution in [1.82, 2.24) is 4.90 Å². The van der Waals surface area contributed by atoms with Gasteiger partial charge in [-0.15, -0.1) is 0 Å². The van der Waals surface area contributed by atoms with E-state index in [1.165, 1.54) is 11.8 Å². The zero-order valence-corrected chi connectivity index (χ0v) is 18.5. The Hall–Kier alpha value is -1.51. The molecule has 26 heavy (non-hydrogen) atoms. The van der Waals surface area contributed by atoms with E-state index in [0.717, 1.165) is 15.8 Å². The van der Waals surface area contributed by atoms with Crippen LogP contribution in [0.15, 0.2) is 53.8 Å². The molecule has 1 aliphatic rings. The van der Waals surface area contributed by atoms with E-state index >= 15 is 0 Å². The number of carbonyl (C=O) groups excluding carboxylic acids is 1. The maximum Gasteiger partial charge on any atom is 0.266 e. The molecule has 0 aliphatic carbocycles. The lowest BCUT2D eigenvalue weighted by molar-refractivity contribution is -0.122. The predicted octanol–water partition coefficient (Wildman–Crippen LogP) is 5.49. The molecule has 1 aromatic heterocycles. The Morgan fingerprint density at radius 2 is 1.96 bits per heavy atom. The summed E-state index contributed by atoms with van der Waals surface area (Å²) < 4.78 is 6.95. The highest BCUT2D eigenvalue weighted by Gasteiger charge is 2.32. The van der Waals surface area contributed by atoms with Crippen LogP contribution in [0.4, 0.5) is 11.4 Å². The number of amides is 1. The van der Waals surface area contributed by atoms with Crippen LogP contribution in [-0.4, -0.2) is 36.6 Å². The number of amidine groups is 1. The SMILES string of the molecule is CCN1C(=O)/C(=C/c2cc(Br)c(Br)o2)SC1=Nc1ccc(N(C)C)cc1. The summed E-state index contributed by atoms with van der Waals surface area (Å²) in [5, 5.41) is 0.672. The van der Waals surface area contributed by atoms with Crippen molar-refractivity contribution in [3.8, 4) is 0 Å². The maximum absolute atomic E-state index is 12.7. The highest BCUT2D eigenvalue weighted by molar-refractivity contribution is 9.13. The minimum atomic E-state index is -0.0650. The number of halogens is 2. The first-order valence-corrected chi connectivity index (χ1v) is 10.3. The van der Waals surface area contributed by atoms with E-state index in [0.29, 0.717) is 27.0 Å². The molecule has 1 aliphatic heterocycles. The zero-order chi connectivity index (χ0) is 18.8. The largest absolute Gasteiger partial charge is 0.449 e. The van der Waals surface area contributed by atoms with Gasteiger partial charge in [-0.1, -0.05) is 0 Å². The standard InChI is InChI=1S/C18H17Br2N3O2S/c1-4-23-17(24)15(10-13-9-14(19)16(20)25-13)26-18(23)21-11-5-7-12(8-6-11)22(2)3/h5-10H,4H2,1-3H3/b15-10-,21-18?. The molecule has 1 amide bonds. The van der Waals surface area contributed by atoms with Gasteiger partial charge in [0.25, 0.3) is 5.91 Å². The third-order valence-corrected chi connectivity index (χ3v) is 6.45. The monoisotopic (exact) mass is 497 g/mol. The van der Waals surface area contributed by atoms with Gasteiger partial charge in [-0.25, -0.2) is 4.99 Å². The molecule has 3 rings (SSSR count). The van der Waals surface area contributed by atoms with Gasteiger partial charge >= 0.3 is 0 Å². The lowest BCUT2D eigenvalue weighted by atomic mass is 10.3. The van der Waals surface area contributed by atoms with Crippen molar-refractivity contribution in [3.63, 3.8) is 0 Å². The van der Waals surface area contributed by atoms with Gasteiger partial charge in [0.05, 0.1) is 15.1 Å². The maximum atomic E-state index is 12.7. The molecule has 1 saturated heterocycles. The summed E-state index contributed by atoms with van der Waals surface area (Å²) in [6, 6.07) is 9.72. The molecule has 0 N–H and O–H groups in total. The van der Waals surface area contributed by atoms with Gasteiger partial charge in [-0.05, 0) is 80.9 Å². The van der Waals surface area contributed by atoms with Gasteiger partial charge in [-0.2, -0.15) is 0 Å². The third kappa shape index (κ3) is 4.07. The van der Waals surface area contributed by atoms with Crippen molar-refractivity contribution in [2.24, 2.45) is 4.99 Å². The third-order valence-electron chi connectivity index (χ3n) is 3.73. The molecule has 0 spiro atoms. The second kappa shape index (κ2) is 8.02. The molecule has 136 valence electrons. The van der Waals surface area contributed by atoms with Crippen molar-refractivity contribution in [2.75, 3.05) is 25.5 Å². The number of hydrogen-bond donors (Lipinski definition) is 0. The Bertz CT molecular complexity index is 869. The van der Waals surface area contributed by atoms with Crippen molar-refractivity contribution >= 4 is 72.1 Å². The lowest BCUT2D eigenvalue weighted by Crippen LogP contribution is -2.28. The van der Waals surface area contributed by atoms with Crippen LogP contribution >= 0.6 is 43.6 Å². The first-order valence-electron chi connectivity index (χ1n) is 7.91. The Kier molecular flexibility index (Phi) is 5.94. The van der Waals surface area contributed by atoms with Crippen LogP contribution in [0.3, 0.4) is 0 Å². The van der Waals surface area contributed by atoms with Crippen LogP contribution < -0.4 is 4.90 Å². The second-order valence-corrected chi connectivity index (χ2v) is 8.32. The van der Waals surface area contributed by atoms with E-state index in [4.69, 9.17) is 4.42 Å². The summed E-state index contributed by atoms with van der Waals surface area (Å²) in [6.45, 7) is 2.50. The topological polar surface area (TPSA) is 49.1 Å². The molecule has 1 aromatic carbocycles. The summed E-state index contributed by atoms with van der Waals surface area (Å²) in [5.41, 5.74) is 1.92. The highest BCUT2D eigenvalue weighted by Crippen LogP contribution is 2.36. The first-order chi connectivity index (χ1) is 12.4.